The van der Waals surface area contributed by atoms with Gasteiger partial charge in [0.25, 0.3) is 5.91 Å². The Morgan fingerprint density at radius 1 is 1.12 bits per heavy atom. The number of carbonyl (C=O) groups excluding carboxylic acids is 2. The number of carbonyl (C=O) groups is 2. The molecular weight excluding hydrogens is 354 g/mol. The first kappa shape index (κ1) is 18.2. The van der Waals surface area contributed by atoms with Gasteiger partial charge in [0.15, 0.2) is 0 Å². The van der Waals surface area contributed by atoms with Gasteiger partial charge < -0.3 is 10.2 Å². The van der Waals surface area contributed by atoms with E-state index in [0.29, 0.717) is 15.7 Å². The number of halogens is 3. The van der Waals surface area contributed by atoms with Gasteiger partial charge >= 0.3 is 0 Å². The maximum absolute atomic E-state index is 13.1. The topological polar surface area (TPSA) is 49.4 Å². The third-order valence-corrected chi connectivity index (χ3v) is 3.91. The molecule has 0 unspecified atom stereocenters. The molecule has 0 saturated carbocycles. The molecule has 4 nitrogen and oxygen atoms in total. The smallest absolute Gasteiger partial charge is 0.251 e. The van der Waals surface area contributed by atoms with E-state index in [1.807, 2.05) is 0 Å². The number of nitrogens with one attached hydrogen (secondary N) is 1. The molecule has 126 valence electrons. The molecule has 2 aromatic carbocycles. The van der Waals surface area contributed by atoms with Crippen molar-refractivity contribution in [3.05, 3.63) is 63.9 Å². The second kappa shape index (κ2) is 8.13. The van der Waals surface area contributed by atoms with E-state index in [9.17, 15) is 14.0 Å². The van der Waals surface area contributed by atoms with E-state index in [4.69, 9.17) is 23.2 Å². The quantitative estimate of drug-likeness (QED) is 0.869. The molecule has 0 heterocycles. The molecule has 2 amide bonds. The molecule has 7 heteroatoms. The van der Waals surface area contributed by atoms with Crippen LogP contribution < -0.4 is 10.2 Å². The highest BCUT2D eigenvalue weighted by Gasteiger charge is 2.18. The third-order valence-electron chi connectivity index (χ3n) is 3.30. The number of anilines is 1. The van der Waals surface area contributed by atoms with Crippen LogP contribution in [0.2, 0.25) is 10.0 Å². The van der Waals surface area contributed by atoms with Gasteiger partial charge in [0.1, 0.15) is 5.82 Å². The molecule has 0 radical (unpaired) electrons. The molecule has 0 bridgehead atoms. The Kier molecular flexibility index (Phi) is 6.17. The van der Waals surface area contributed by atoms with Crippen LogP contribution in [0, 0.1) is 5.82 Å². The summed E-state index contributed by atoms with van der Waals surface area (Å²) in [5, 5.41) is 3.32. The Balaban J connectivity index is 2.05. The van der Waals surface area contributed by atoms with Crippen LogP contribution in [0.15, 0.2) is 42.5 Å². The third kappa shape index (κ3) is 4.46. The summed E-state index contributed by atoms with van der Waals surface area (Å²) in [6.45, 7) is 1.73. The predicted molar refractivity (Wildman–Crippen MR) is 93.2 cm³/mol. The molecule has 0 aromatic heterocycles. The highest BCUT2D eigenvalue weighted by molar-refractivity contribution is 6.39. The van der Waals surface area contributed by atoms with Crippen LogP contribution in [-0.4, -0.2) is 24.9 Å². The summed E-state index contributed by atoms with van der Waals surface area (Å²) in [6.07, 6.45) is 0. The molecule has 2 aromatic rings. The first-order valence-corrected chi connectivity index (χ1v) is 7.91. The lowest BCUT2D eigenvalue weighted by molar-refractivity contribution is -0.116. The van der Waals surface area contributed by atoms with E-state index >= 15 is 0 Å². The van der Waals surface area contributed by atoms with Gasteiger partial charge in [-0.2, -0.15) is 0 Å². The second-order valence-corrected chi connectivity index (χ2v) is 5.82. The SMILES string of the molecule is CC(=O)N(CCNC(=O)c1cccc(F)c1)c1c(Cl)cccc1Cl. The number of nitrogens with zero attached hydrogens (tertiary/aromatic N) is 1. The summed E-state index contributed by atoms with van der Waals surface area (Å²) in [6, 6.07) is 10.3. The zero-order chi connectivity index (χ0) is 17.7. The van der Waals surface area contributed by atoms with Crippen molar-refractivity contribution in [2.24, 2.45) is 0 Å². The van der Waals surface area contributed by atoms with E-state index in [1.165, 1.54) is 30.0 Å². The van der Waals surface area contributed by atoms with Gasteiger partial charge in [0.2, 0.25) is 5.91 Å². The van der Waals surface area contributed by atoms with Crippen molar-refractivity contribution < 1.29 is 14.0 Å². The van der Waals surface area contributed by atoms with Gasteiger partial charge in [-0.1, -0.05) is 35.3 Å². The minimum Gasteiger partial charge on any atom is -0.350 e. The van der Waals surface area contributed by atoms with Gasteiger partial charge in [-0.05, 0) is 30.3 Å². The number of amides is 2. The molecular formula is C17H15Cl2FN2O2. The van der Waals surface area contributed by atoms with Crippen LogP contribution in [0.5, 0.6) is 0 Å². The van der Waals surface area contributed by atoms with Crippen molar-refractivity contribution in [2.45, 2.75) is 6.92 Å². The van der Waals surface area contributed by atoms with E-state index in [2.05, 4.69) is 5.32 Å². The van der Waals surface area contributed by atoms with Crippen LogP contribution in [0.3, 0.4) is 0 Å². The summed E-state index contributed by atoms with van der Waals surface area (Å²) in [7, 11) is 0. The number of benzene rings is 2. The molecule has 0 aliphatic carbocycles. The molecule has 0 aliphatic rings. The summed E-state index contributed by atoms with van der Waals surface area (Å²) < 4.78 is 13.1. The van der Waals surface area contributed by atoms with E-state index in [1.54, 1.807) is 18.2 Å². The average molecular weight is 369 g/mol. The number of rotatable bonds is 5. The summed E-state index contributed by atoms with van der Waals surface area (Å²) >= 11 is 12.2. The minimum atomic E-state index is -0.490. The van der Waals surface area contributed by atoms with E-state index < -0.39 is 11.7 Å². The first-order valence-electron chi connectivity index (χ1n) is 7.16. The molecule has 0 spiro atoms. The fraction of sp³-hybridized carbons (Fsp3) is 0.176. The zero-order valence-electron chi connectivity index (χ0n) is 12.9. The normalized spacial score (nSPS) is 10.3. The Hall–Kier alpha value is -2.11. The maximum Gasteiger partial charge on any atom is 0.251 e. The predicted octanol–water partition coefficient (Wildman–Crippen LogP) is 3.92. The maximum atomic E-state index is 13.1. The molecule has 2 rings (SSSR count). The Morgan fingerprint density at radius 2 is 1.75 bits per heavy atom. The summed E-state index contributed by atoms with van der Waals surface area (Å²) in [5.74, 6) is -1.18. The van der Waals surface area contributed by atoms with E-state index in [-0.39, 0.29) is 24.6 Å². The lowest BCUT2D eigenvalue weighted by atomic mass is 10.2. The lowest BCUT2D eigenvalue weighted by Crippen LogP contribution is -2.37. The van der Waals surface area contributed by atoms with Gasteiger partial charge in [-0.25, -0.2) is 4.39 Å². The molecule has 0 saturated heterocycles. The molecule has 24 heavy (non-hydrogen) atoms. The molecule has 0 atom stereocenters. The Bertz CT molecular complexity index is 748. The first-order chi connectivity index (χ1) is 11.4. The van der Waals surface area contributed by atoms with Gasteiger partial charge in [-0.3, -0.25) is 9.59 Å². The number of hydrogen-bond acceptors (Lipinski definition) is 2. The van der Waals surface area contributed by atoms with Crippen molar-refractivity contribution in [2.75, 3.05) is 18.0 Å². The fourth-order valence-corrected chi connectivity index (χ4v) is 2.79. The highest BCUT2D eigenvalue weighted by Crippen LogP contribution is 2.33. The fourth-order valence-electron chi connectivity index (χ4n) is 2.19. The van der Waals surface area contributed by atoms with Crippen LogP contribution in [0.4, 0.5) is 10.1 Å². The van der Waals surface area contributed by atoms with Gasteiger partial charge in [0, 0.05) is 25.6 Å². The minimum absolute atomic E-state index is 0.163. The zero-order valence-corrected chi connectivity index (χ0v) is 14.4. The van der Waals surface area contributed by atoms with Crippen molar-refractivity contribution in [3.8, 4) is 0 Å². The Labute approximate surface area is 149 Å². The summed E-state index contributed by atoms with van der Waals surface area (Å²) in [4.78, 5) is 25.3. The molecule has 0 fully saturated rings. The lowest BCUT2D eigenvalue weighted by Gasteiger charge is -2.23. The molecule has 1 N–H and O–H groups in total. The van der Waals surface area contributed by atoms with Crippen molar-refractivity contribution >= 4 is 40.7 Å². The van der Waals surface area contributed by atoms with Crippen molar-refractivity contribution in [1.82, 2.24) is 5.32 Å². The average Bonchev–Trinajstić information content (AvgIpc) is 2.52. The van der Waals surface area contributed by atoms with Gasteiger partial charge in [0.05, 0.1) is 15.7 Å². The summed E-state index contributed by atoms with van der Waals surface area (Å²) in [5.41, 5.74) is 0.605. The number of hydrogen-bond donors (Lipinski definition) is 1. The Morgan fingerprint density at radius 3 is 2.33 bits per heavy atom. The molecule has 0 aliphatic heterocycles. The van der Waals surface area contributed by atoms with Crippen LogP contribution in [-0.2, 0) is 4.79 Å². The van der Waals surface area contributed by atoms with Crippen LogP contribution >= 0.6 is 23.2 Å². The second-order valence-electron chi connectivity index (χ2n) is 5.01. The largest absolute Gasteiger partial charge is 0.350 e. The number of para-hydroxylation sites is 1. The van der Waals surface area contributed by atoms with Crippen LogP contribution in [0.25, 0.3) is 0 Å². The van der Waals surface area contributed by atoms with Crippen molar-refractivity contribution in [3.63, 3.8) is 0 Å². The monoisotopic (exact) mass is 368 g/mol. The van der Waals surface area contributed by atoms with E-state index in [0.717, 1.165) is 6.07 Å². The highest BCUT2D eigenvalue weighted by atomic mass is 35.5. The van der Waals surface area contributed by atoms with Crippen LogP contribution in [0.1, 0.15) is 17.3 Å². The standard InChI is InChI=1S/C17H15Cl2FN2O2/c1-11(23)22(16-14(18)6-3-7-15(16)19)9-8-21-17(24)12-4-2-5-13(20)10-12/h2-7,10H,8-9H2,1H3,(H,21,24). The van der Waals surface area contributed by atoms with Gasteiger partial charge in [-0.15, -0.1) is 0 Å². The van der Waals surface area contributed by atoms with Crippen molar-refractivity contribution in [1.29, 1.82) is 0 Å².